The van der Waals surface area contributed by atoms with E-state index >= 15 is 0 Å². The molecule has 0 saturated carbocycles. The summed E-state index contributed by atoms with van der Waals surface area (Å²) in [7, 11) is 0. The highest BCUT2D eigenvalue weighted by atomic mass is 79.9. The van der Waals surface area contributed by atoms with Crippen molar-refractivity contribution in [3.63, 3.8) is 0 Å². The van der Waals surface area contributed by atoms with Crippen LogP contribution in [0.1, 0.15) is 15.9 Å². The first-order chi connectivity index (χ1) is 11.1. The average molecular weight is 395 g/mol. The smallest absolute Gasteiger partial charge is 0.340 e. The van der Waals surface area contributed by atoms with Gasteiger partial charge in [0.1, 0.15) is 0 Å². The third-order valence-electron chi connectivity index (χ3n) is 3.66. The van der Waals surface area contributed by atoms with E-state index in [0.717, 1.165) is 17.7 Å². The summed E-state index contributed by atoms with van der Waals surface area (Å²) in [6.45, 7) is 0.295. The molecule has 6 heteroatoms. The first-order valence-electron chi connectivity index (χ1n) is 7.06. The lowest BCUT2D eigenvalue weighted by Gasteiger charge is -2.17. The molecule has 4 nitrogen and oxygen atoms in total. The second-order valence-electron chi connectivity index (χ2n) is 5.12. The Bertz CT molecular complexity index is 778. The van der Waals surface area contributed by atoms with Crippen LogP contribution in [0.25, 0.3) is 0 Å². The van der Waals surface area contributed by atoms with Crippen molar-refractivity contribution in [1.82, 2.24) is 0 Å². The molecule has 118 valence electrons. The summed E-state index contributed by atoms with van der Waals surface area (Å²) in [6.07, 6.45) is 0.813. The number of carbonyl (C=O) groups excluding carboxylic acids is 2. The Morgan fingerprint density at radius 2 is 2.00 bits per heavy atom. The number of para-hydroxylation sites is 1. The topological polar surface area (TPSA) is 46.6 Å². The molecule has 2 aromatic rings. The van der Waals surface area contributed by atoms with Crippen molar-refractivity contribution in [2.24, 2.45) is 0 Å². The zero-order valence-electron chi connectivity index (χ0n) is 12.1. The Labute approximate surface area is 147 Å². The van der Waals surface area contributed by atoms with Gasteiger partial charge in [-0.1, -0.05) is 45.7 Å². The van der Waals surface area contributed by atoms with E-state index in [4.69, 9.17) is 16.3 Å². The van der Waals surface area contributed by atoms with Gasteiger partial charge in [0.15, 0.2) is 6.61 Å². The van der Waals surface area contributed by atoms with Gasteiger partial charge in [0, 0.05) is 16.7 Å². The van der Waals surface area contributed by atoms with E-state index in [-0.39, 0.29) is 23.1 Å². The molecule has 0 spiro atoms. The zero-order valence-corrected chi connectivity index (χ0v) is 14.4. The number of ether oxygens (including phenoxy) is 1. The van der Waals surface area contributed by atoms with Crippen molar-refractivity contribution in [1.29, 1.82) is 0 Å². The summed E-state index contributed by atoms with van der Waals surface area (Å²) in [6, 6.07) is 12.6. The molecule has 0 atom stereocenters. The SMILES string of the molecule is O=C(OCC(=O)N1CCc2ccccc21)c1cc(Br)ccc1Cl. The third kappa shape index (κ3) is 3.41. The monoisotopic (exact) mass is 393 g/mol. The van der Waals surface area contributed by atoms with Crippen molar-refractivity contribution < 1.29 is 14.3 Å². The number of carbonyl (C=O) groups is 2. The van der Waals surface area contributed by atoms with Gasteiger partial charge >= 0.3 is 5.97 Å². The van der Waals surface area contributed by atoms with Crippen LogP contribution in [-0.4, -0.2) is 25.0 Å². The number of benzene rings is 2. The minimum atomic E-state index is -0.614. The molecule has 0 bridgehead atoms. The van der Waals surface area contributed by atoms with Crippen molar-refractivity contribution in [3.8, 4) is 0 Å². The van der Waals surface area contributed by atoms with Crippen LogP contribution >= 0.6 is 27.5 Å². The molecule has 0 fully saturated rings. The molecule has 23 heavy (non-hydrogen) atoms. The Morgan fingerprint density at radius 3 is 2.83 bits per heavy atom. The Balaban J connectivity index is 1.66. The van der Waals surface area contributed by atoms with Gasteiger partial charge < -0.3 is 9.64 Å². The summed E-state index contributed by atoms with van der Waals surface area (Å²) in [5.74, 6) is -0.855. The number of halogens is 2. The molecule has 0 unspecified atom stereocenters. The van der Waals surface area contributed by atoms with Gasteiger partial charge in [-0.2, -0.15) is 0 Å². The number of hydrogen-bond donors (Lipinski definition) is 0. The molecule has 1 aliphatic heterocycles. The van der Waals surface area contributed by atoms with Gasteiger partial charge in [-0.05, 0) is 36.2 Å². The van der Waals surface area contributed by atoms with E-state index < -0.39 is 5.97 Å². The van der Waals surface area contributed by atoms with Crippen LogP contribution in [0.5, 0.6) is 0 Å². The predicted molar refractivity (Wildman–Crippen MR) is 91.9 cm³/mol. The van der Waals surface area contributed by atoms with E-state index in [1.807, 2.05) is 24.3 Å². The van der Waals surface area contributed by atoms with Crippen molar-refractivity contribution in [3.05, 3.63) is 63.1 Å². The van der Waals surface area contributed by atoms with Crippen LogP contribution in [0.3, 0.4) is 0 Å². The van der Waals surface area contributed by atoms with E-state index in [1.165, 1.54) is 0 Å². The fraction of sp³-hybridized carbons (Fsp3) is 0.176. The normalized spacial score (nSPS) is 12.9. The Morgan fingerprint density at radius 1 is 1.22 bits per heavy atom. The van der Waals surface area contributed by atoms with Gasteiger partial charge in [-0.3, -0.25) is 4.79 Å². The lowest BCUT2D eigenvalue weighted by atomic mass is 10.2. The fourth-order valence-corrected chi connectivity index (χ4v) is 3.09. The maximum Gasteiger partial charge on any atom is 0.340 e. The maximum absolute atomic E-state index is 12.3. The number of anilines is 1. The Hall–Kier alpha value is -1.85. The summed E-state index contributed by atoms with van der Waals surface area (Å²) in [4.78, 5) is 26.0. The van der Waals surface area contributed by atoms with Gasteiger partial charge in [0.25, 0.3) is 5.91 Å². The fourth-order valence-electron chi connectivity index (χ4n) is 2.53. The number of nitrogens with zero attached hydrogens (tertiary/aromatic N) is 1. The standard InChI is InChI=1S/C17H13BrClNO3/c18-12-5-6-14(19)13(9-12)17(22)23-10-16(21)20-8-7-11-3-1-2-4-15(11)20/h1-6,9H,7-8,10H2. The quantitative estimate of drug-likeness (QED) is 0.743. The molecule has 2 aromatic carbocycles. The lowest BCUT2D eigenvalue weighted by Crippen LogP contribution is -2.33. The van der Waals surface area contributed by atoms with Crippen molar-refractivity contribution in [2.75, 3.05) is 18.1 Å². The molecule has 1 aliphatic rings. The number of esters is 1. The molecule has 1 amide bonds. The van der Waals surface area contributed by atoms with Crippen LogP contribution in [0.15, 0.2) is 46.9 Å². The highest BCUT2D eigenvalue weighted by Gasteiger charge is 2.25. The molecule has 1 heterocycles. The van der Waals surface area contributed by atoms with Gasteiger partial charge in [-0.25, -0.2) is 4.79 Å². The minimum Gasteiger partial charge on any atom is -0.452 e. The predicted octanol–water partition coefficient (Wildman–Crippen LogP) is 3.85. The maximum atomic E-state index is 12.3. The molecular formula is C17H13BrClNO3. The number of fused-ring (bicyclic) bond motifs is 1. The van der Waals surface area contributed by atoms with Crippen molar-refractivity contribution in [2.45, 2.75) is 6.42 Å². The van der Waals surface area contributed by atoms with Crippen LogP contribution in [-0.2, 0) is 16.0 Å². The third-order valence-corrected chi connectivity index (χ3v) is 4.49. The molecule has 0 aliphatic carbocycles. The highest BCUT2D eigenvalue weighted by Crippen LogP contribution is 2.27. The van der Waals surface area contributed by atoms with E-state index in [0.29, 0.717) is 11.0 Å². The number of hydrogen-bond acceptors (Lipinski definition) is 3. The summed E-state index contributed by atoms with van der Waals surface area (Å²) in [5, 5.41) is 0.289. The van der Waals surface area contributed by atoms with Gasteiger partial charge in [0.05, 0.1) is 10.6 Å². The van der Waals surface area contributed by atoms with E-state index in [1.54, 1.807) is 23.1 Å². The van der Waals surface area contributed by atoms with Gasteiger partial charge in [-0.15, -0.1) is 0 Å². The minimum absolute atomic E-state index is 0.232. The molecule has 0 aromatic heterocycles. The van der Waals surface area contributed by atoms with Gasteiger partial charge in [0.2, 0.25) is 0 Å². The Kier molecular flexibility index (Phi) is 4.68. The number of rotatable bonds is 3. The van der Waals surface area contributed by atoms with E-state index in [2.05, 4.69) is 15.9 Å². The van der Waals surface area contributed by atoms with Crippen LogP contribution in [0.4, 0.5) is 5.69 Å². The van der Waals surface area contributed by atoms with Crippen molar-refractivity contribution >= 4 is 45.1 Å². The summed E-state index contributed by atoms with van der Waals surface area (Å²) >= 11 is 9.26. The molecule has 0 saturated heterocycles. The molecular weight excluding hydrogens is 382 g/mol. The highest BCUT2D eigenvalue weighted by molar-refractivity contribution is 9.10. The molecule has 3 rings (SSSR count). The van der Waals surface area contributed by atoms with Crippen LogP contribution in [0, 0.1) is 0 Å². The average Bonchev–Trinajstić information content (AvgIpc) is 2.98. The van der Waals surface area contributed by atoms with Crippen LogP contribution < -0.4 is 4.90 Å². The van der Waals surface area contributed by atoms with E-state index in [9.17, 15) is 9.59 Å². The molecule has 0 radical (unpaired) electrons. The van der Waals surface area contributed by atoms with Crippen LogP contribution in [0.2, 0.25) is 5.02 Å². The second-order valence-corrected chi connectivity index (χ2v) is 6.45. The second kappa shape index (κ2) is 6.72. The summed E-state index contributed by atoms with van der Waals surface area (Å²) in [5.41, 5.74) is 2.24. The summed E-state index contributed by atoms with van der Waals surface area (Å²) < 4.78 is 5.83. The largest absolute Gasteiger partial charge is 0.452 e. The first-order valence-corrected chi connectivity index (χ1v) is 8.24. The lowest BCUT2D eigenvalue weighted by molar-refractivity contribution is -0.121. The molecule has 0 N–H and O–H groups in total. The zero-order chi connectivity index (χ0) is 16.4. The first kappa shape index (κ1) is 16.0. The number of amides is 1.